The molecule has 0 N–H and O–H groups in total. The summed E-state index contributed by atoms with van der Waals surface area (Å²) in [6, 6.07) is 49.5. The summed E-state index contributed by atoms with van der Waals surface area (Å²) in [5.74, 6) is 0.960. The molecule has 1 aliphatic rings. The lowest BCUT2D eigenvalue weighted by molar-refractivity contribution is 1.06. The van der Waals surface area contributed by atoms with Crippen LogP contribution in [0.15, 0.2) is 140 Å². The van der Waals surface area contributed by atoms with Crippen LogP contribution in [-0.4, -0.2) is 9.55 Å². The summed E-state index contributed by atoms with van der Waals surface area (Å²) in [6.07, 6.45) is 0. The van der Waals surface area contributed by atoms with Gasteiger partial charge in [0.25, 0.3) is 0 Å². The van der Waals surface area contributed by atoms with Gasteiger partial charge in [0.2, 0.25) is 0 Å². The number of hydrogen-bond donors (Lipinski definition) is 0. The lowest BCUT2D eigenvalue weighted by Crippen LogP contribution is -2.18. The smallest absolute Gasteiger partial charge is 0.145 e. The molecule has 6 aromatic carbocycles. The van der Waals surface area contributed by atoms with Crippen LogP contribution in [0, 0.1) is 0 Å². The maximum atomic E-state index is 5.19. The maximum absolute atomic E-state index is 5.19. The van der Waals surface area contributed by atoms with Crippen LogP contribution < -0.4 is 4.90 Å². The lowest BCUT2D eigenvalue weighted by Gasteiger charge is -2.32. The average molecular weight is 486 g/mol. The van der Waals surface area contributed by atoms with Gasteiger partial charge >= 0.3 is 0 Å². The third-order valence-electron chi connectivity index (χ3n) is 7.48. The van der Waals surface area contributed by atoms with Crippen LogP contribution >= 0.6 is 0 Å². The molecule has 0 spiro atoms. The first-order chi connectivity index (χ1) is 18.8. The zero-order chi connectivity index (χ0) is 25.1. The van der Waals surface area contributed by atoms with Crippen LogP contribution in [0.4, 0.5) is 17.1 Å². The van der Waals surface area contributed by atoms with Gasteiger partial charge in [-0.2, -0.15) is 0 Å². The van der Waals surface area contributed by atoms with Gasteiger partial charge in [0.05, 0.1) is 28.1 Å². The van der Waals surface area contributed by atoms with Crippen molar-refractivity contribution in [2.45, 2.75) is 0 Å². The number of imidazole rings is 1. The standard InChI is InChI=1S/C35H23N3/c1-3-10-24(11-4-1)25-18-19-27-23-28(21-20-26(27)22-25)35-36-30-14-9-17-33-34(30)38(35)32-16-8-7-15-31(32)37(33)29-12-5-2-6-13-29/h1-23H. The molecule has 1 aliphatic heterocycles. The summed E-state index contributed by atoms with van der Waals surface area (Å²) in [6.45, 7) is 0. The largest absolute Gasteiger partial charge is 0.306 e. The molecule has 0 aliphatic carbocycles. The minimum Gasteiger partial charge on any atom is -0.306 e. The van der Waals surface area contributed by atoms with E-state index in [1.54, 1.807) is 0 Å². The number of fused-ring (bicyclic) bond motifs is 3. The number of anilines is 3. The number of benzene rings is 6. The first-order valence-electron chi connectivity index (χ1n) is 12.9. The molecule has 0 unspecified atom stereocenters. The lowest BCUT2D eigenvalue weighted by atomic mass is 10.00. The number of rotatable bonds is 3. The van der Waals surface area contributed by atoms with Gasteiger partial charge in [0.15, 0.2) is 0 Å². The summed E-state index contributed by atoms with van der Waals surface area (Å²) in [4.78, 5) is 7.53. The molecule has 0 radical (unpaired) electrons. The molecule has 178 valence electrons. The Morgan fingerprint density at radius 1 is 0.447 bits per heavy atom. The van der Waals surface area contributed by atoms with Crippen LogP contribution in [0.3, 0.4) is 0 Å². The summed E-state index contributed by atoms with van der Waals surface area (Å²) in [5.41, 5.74) is 10.2. The summed E-state index contributed by atoms with van der Waals surface area (Å²) in [7, 11) is 0. The molecule has 2 heterocycles. The topological polar surface area (TPSA) is 21.1 Å². The highest BCUT2D eigenvalue weighted by Crippen LogP contribution is 2.48. The van der Waals surface area contributed by atoms with E-state index >= 15 is 0 Å². The van der Waals surface area contributed by atoms with Crippen LogP contribution in [0.1, 0.15) is 0 Å². The summed E-state index contributed by atoms with van der Waals surface area (Å²) >= 11 is 0. The van der Waals surface area contributed by atoms with E-state index in [9.17, 15) is 0 Å². The van der Waals surface area contributed by atoms with E-state index in [1.807, 2.05) is 0 Å². The molecular formula is C35H23N3. The van der Waals surface area contributed by atoms with E-state index in [-0.39, 0.29) is 0 Å². The van der Waals surface area contributed by atoms with Crippen LogP contribution in [0.5, 0.6) is 0 Å². The summed E-state index contributed by atoms with van der Waals surface area (Å²) in [5, 5.41) is 2.43. The number of hydrogen-bond acceptors (Lipinski definition) is 2. The number of nitrogens with zero attached hydrogens (tertiary/aromatic N) is 3. The van der Waals surface area contributed by atoms with Crippen molar-refractivity contribution in [3.63, 3.8) is 0 Å². The van der Waals surface area contributed by atoms with Crippen molar-refractivity contribution in [3.05, 3.63) is 140 Å². The average Bonchev–Trinajstić information content (AvgIpc) is 3.39. The van der Waals surface area contributed by atoms with E-state index in [0.717, 1.165) is 45.2 Å². The van der Waals surface area contributed by atoms with Gasteiger partial charge in [-0.3, -0.25) is 4.57 Å². The monoisotopic (exact) mass is 485 g/mol. The molecule has 1 aromatic heterocycles. The Morgan fingerprint density at radius 2 is 1.08 bits per heavy atom. The zero-order valence-electron chi connectivity index (χ0n) is 20.6. The predicted molar refractivity (Wildman–Crippen MR) is 158 cm³/mol. The first-order valence-corrected chi connectivity index (χ1v) is 12.9. The minimum atomic E-state index is 0.960. The Morgan fingerprint density at radius 3 is 1.87 bits per heavy atom. The van der Waals surface area contributed by atoms with Crippen molar-refractivity contribution < 1.29 is 0 Å². The van der Waals surface area contributed by atoms with Crippen molar-refractivity contribution in [1.82, 2.24) is 9.55 Å². The second-order valence-corrected chi connectivity index (χ2v) is 9.72. The van der Waals surface area contributed by atoms with Crippen molar-refractivity contribution in [2.75, 3.05) is 4.90 Å². The Hall–Kier alpha value is -5.15. The van der Waals surface area contributed by atoms with Gasteiger partial charge in [-0.05, 0) is 70.4 Å². The molecule has 0 saturated heterocycles. The molecule has 8 rings (SSSR count). The maximum Gasteiger partial charge on any atom is 0.145 e. The first kappa shape index (κ1) is 21.0. The SMILES string of the molecule is c1ccc(-c2ccc3cc(-c4nc5cccc6c5n4-c4ccccc4N6c4ccccc4)ccc3c2)cc1. The molecule has 0 atom stereocenters. The summed E-state index contributed by atoms with van der Waals surface area (Å²) < 4.78 is 2.33. The molecule has 0 saturated carbocycles. The third-order valence-corrected chi connectivity index (χ3v) is 7.48. The highest BCUT2D eigenvalue weighted by atomic mass is 15.2. The molecule has 0 fully saturated rings. The molecule has 0 amide bonds. The molecule has 3 nitrogen and oxygen atoms in total. The van der Waals surface area contributed by atoms with Gasteiger partial charge in [-0.15, -0.1) is 0 Å². The highest BCUT2D eigenvalue weighted by Gasteiger charge is 2.29. The Bertz CT molecular complexity index is 1970. The van der Waals surface area contributed by atoms with Gasteiger partial charge < -0.3 is 4.90 Å². The fourth-order valence-electron chi connectivity index (χ4n) is 5.74. The van der Waals surface area contributed by atoms with Crippen molar-refractivity contribution in [3.8, 4) is 28.2 Å². The van der Waals surface area contributed by atoms with E-state index in [1.165, 1.54) is 21.9 Å². The Kier molecular flexibility index (Phi) is 4.52. The molecular weight excluding hydrogens is 462 g/mol. The molecule has 38 heavy (non-hydrogen) atoms. The van der Waals surface area contributed by atoms with E-state index < -0.39 is 0 Å². The third kappa shape index (κ3) is 3.12. The number of para-hydroxylation sites is 4. The van der Waals surface area contributed by atoms with E-state index in [2.05, 4.69) is 149 Å². The predicted octanol–water partition coefficient (Wildman–Crippen LogP) is 9.30. The molecule has 3 heteroatoms. The second kappa shape index (κ2) is 8.19. The van der Waals surface area contributed by atoms with Crippen molar-refractivity contribution >= 4 is 38.9 Å². The van der Waals surface area contributed by atoms with E-state index in [4.69, 9.17) is 4.98 Å². The van der Waals surface area contributed by atoms with E-state index in [0.29, 0.717) is 0 Å². The number of aromatic nitrogens is 2. The Labute approximate surface area is 220 Å². The normalized spacial score (nSPS) is 12.2. The fraction of sp³-hybridized carbons (Fsp3) is 0. The van der Waals surface area contributed by atoms with Crippen LogP contribution in [0.25, 0.3) is 50.0 Å². The second-order valence-electron chi connectivity index (χ2n) is 9.72. The van der Waals surface area contributed by atoms with Gasteiger partial charge in [0.1, 0.15) is 5.82 Å². The molecule has 0 bridgehead atoms. The Balaban J connectivity index is 1.34. The van der Waals surface area contributed by atoms with Crippen LogP contribution in [0.2, 0.25) is 0 Å². The molecule has 7 aromatic rings. The van der Waals surface area contributed by atoms with Crippen molar-refractivity contribution in [1.29, 1.82) is 0 Å². The van der Waals surface area contributed by atoms with Gasteiger partial charge in [-0.25, -0.2) is 4.98 Å². The zero-order valence-corrected chi connectivity index (χ0v) is 20.6. The van der Waals surface area contributed by atoms with Crippen molar-refractivity contribution in [2.24, 2.45) is 0 Å². The highest BCUT2D eigenvalue weighted by molar-refractivity contribution is 6.03. The van der Waals surface area contributed by atoms with Gasteiger partial charge in [0, 0.05) is 11.3 Å². The van der Waals surface area contributed by atoms with Crippen LogP contribution in [-0.2, 0) is 0 Å². The fourth-order valence-corrected chi connectivity index (χ4v) is 5.74. The minimum absolute atomic E-state index is 0.960. The van der Waals surface area contributed by atoms with Gasteiger partial charge in [-0.1, -0.05) is 91.0 Å². The quantitative estimate of drug-likeness (QED) is 0.249.